The number of hydrogen-bond acceptors (Lipinski definition) is 2. The van der Waals surface area contributed by atoms with E-state index in [4.69, 9.17) is 35.4 Å². The van der Waals surface area contributed by atoms with E-state index < -0.39 is 11.7 Å². The molecule has 27 heavy (non-hydrogen) atoms. The van der Waals surface area contributed by atoms with Crippen LogP contribution in [-0.2, 0) is 12.8 Å². The van der Waals surface area contributed by atoms with Crippen LogP contribution in [0.5, 0.6) is 0 Å². The number of aryl methyl sites for hydroxylation is 1. The summed E-state index contributed by atoms with van der Waals surface area (Å²) in [5.41, 5.74) is 1.46. The zero-order valence-corrected chi connectivity index (χ0v) is 16.9. The first-order valence-corrected chi connectivity index (χ1v) is 9.63. The van der Waals surface area contributed by atoms with Crippen molar-refractivity contribution in [1.29, 1.82) is 0 Å². The fourth-order valence-corrected chi connectivity index (χ4v) is 3.83. The van der Waals surface area contributed by atoms with Crippen molar-refractivity contribution in [2.45, 2.75) is 19.8 Å². The number of halogens is 5. The van der Waals surface area contributed by atoms with E-state index in [1.54, 1.807) is 0 Å². The van der Waals surface area contributed by atoms with Crippen LogP contribution >= 0.6 is 35.4 Å². The van der Waals surface area contributed by atoms with E-state index in [1.807, 2.05) is 25.1 Å². The van der Waals surface area contributed by atoms with Gasteiger partial charge in [0.05, 0.1) is 36.8 Å². The first-order chi connectivity index (χ1) is 12.6. The molecule has 1 aliphatic rings. The minimum atomic E-state index is -4.45. The molecule has 1 N–H and O–H groups in total. The standard InChI is InChI=1S/C18H18Cl2F3N3S/c1-12-2-3-14(19)9-16(12)25-6-4-24(5-7-25)11-26-10-13(18(21,22)23)8-15(20)17(26)27/h2-3,8-10H,4-7,11H2,1H3/p+1. The van der Waals surface area contributed by atoms with Crippen LogP contribution in [0.1, 0.15) is 11.1 Å². The maximum Gasteiger partial charge on any atom is 0.417 e. The molecule has 0 amide bonds. The maximum absolute atomic E-state index is 13.0. The van der Waals surface area contributed by atoms with Gasteiger partial charge < -0.3 is 9.80 Å². The Morgan fingerprint density at radius 1 is 1.15 bits per heavy atom. The molecule has 1 aromatic carbocycles. The summed E-state index contributed by atoms with van der Waals surface area (Å²) in [6.45, 7) is 5.52. The minimum Gasteiger partial charge on any atom is -0.360 e. The number of nitrogens with zero attached hydrogens (tertiary/aromatic N) is 2. The first-order valence-electron chi connectivity index (χ1n) is 8.47. The van der Waals surface area contributed by atoms with Crippen molar-refractivity contribution in [3.05, 3.63) is 56.3 Å². The second-order valence-electron chi connectivity index (χ2n) is 6.68. The van der Waals surface area contributed by atoms with Crippen LogP contribution < -0.4 is 9.80 Å². The van der Waals surface area contributed by atoms with Crippen molar-refractivity contribution < 1.29 is 18.1 Å². The number of benzene rings is 1. The SMILES string of the molecule is Cc1ccc(Cl)cc1N1CC[NH+](Cn2cc(C(F)(F)F)cc(Cl)c2=S)CC1. The number of anilines is 1. The highest BCUT2D eigenvalue weighted by molar-refractivity contribution is 7.71. The predicted molar refractivity (Wildman–Crippen MR) is 104 cm³/mol. The highest BCUT2D eigenvalue weighted by Gasteiger charge is 2.32. The van der Waals surface area contributed by atoms with Gasteiger partial charge >= 0.3 is 6.18 Å². The molecule has 146 valence electrons. The zero-order valence-electron chi connectivity index (χ0n) is 14.6. The molecular weight excluding hydrogens is 418 g/mol. The normalized spacial score (nSPS) is 16.0. The molecule has 0 atom stereocenters. The van der Waals surface area contributed by atoms with E-state index >= 15 is 0 Å². The lowest BCUT2D eigenvalue weighted by molar-refractivity contribution is -0.923. The number of pyridine rings is 1. The number of hydrogen-bond donors (Lipinski definition) is 1. The summed E-state index contributed by atoms with van der Waals surface area (Å²) in [5, 5.41) is 0.641. The van der Waals surface area contributed by atoms with Gasteiger partial charge in [0, 0.05) is 16.9 Å². The highest BCUT2D eigenvalue weighted by atomic mass is 35.5. The lowest BCUT2D eigenvalue weighted by Crippen LogP contribution is -3.14. The Balaban J connectivity index is 1.72. The molecule has 9 heteroatoms. The van der Waals surface area contributed by atoms with E-state index in [2.05, 4.69) is 4.90 Å². The van der Waals surface area contributed by atoms with Crippen LogP contribution in [0, 0.1) is 11.6 Å². The van der Waals surface area contributed by atoms with E-state index in [0.717, 1.165) is 54.6 Å². The van der Waals surface area contributed by atoms with E-state index in [1.165, 1.54) is 4.57 Å². The third-order valence-electron chi connectivity index (χ3n) is 4.75. The quantitative estimate of drug-likeness (QED) is 0.723. The average Bonchev–Trinajstić information content (AvgIpc) is 2.60. The van der Waals surface area contributed by atoms with E-state index in [0.29, 0.717) is 11.7 Å². The van der Waals surface area contributed by atoms with Crippen LogP contribution in [0.15, 0.2) is 30.5 Å². The van der Waals surface area contributed by atoms with Gasteiger partial charge in [-0.2, -0.15) is 13.2 Å². The second kappa shape index (κ2) is 7.99. The summed E-state index contributed by atoms with van der Waals surface area (Å²) < 4.78 is 40.8. The number of quaternary nitrogens is 1. The molecule has 1 aromatic heterocycles. The van der Waals surface area contributed by atoms with Crippen molar-refractivity contribution in [3.8, 4) is 0 Å². The van der Waals surface area contributed by atoms with Gasteiger partial charge in [0.25, 0.3) is 0 Å². The summed E-state index contributed by atoms with van der Waals surface area (Å²) in [7, 11) is 0. The molecule has 3 rings (SSSR count). The van der Waals surface area contributed by atoms with Gasteiger partial charge in [-0.25, -0.2) is 0 Å². The fourth-order valence-electron chi connectivity index (χ4n) is 3.26. The topological polar surface area (TPSA) is 12.6 Å². The first kappa shape index (κ1) is 20.5. The predicted octanol–water partition coefficient (Wildman–Crippen LogP) is 4.21. The van der Waals surface area contributed by atoms with Crippen molar-refractivity contribution in [2.75, 3.05) is 31.1 Å². The number of rotatable bonds is 3. The van der Waals surface area contributed by atoms with Gasteiger partial charge in [-0.1, -0.05) is 41.5 Å². The summed E-state index contributed by atoms with van der Waals surface area (Å²) >= 11 is 17.2. The Kier molecular flexibility index (Phi) is 6.05. The fraction of sp³-hybridized carbons (Fsp3) is 0.389. The van der Waals surface area contributed by atoms with Crippen LogP contribution in [0.3, 0.4) is 0 Å². The van der Waals surface area contributed by atoms with Crippen LogP contribution in [0.25, 0.3) is 0 Å². The maximum atomic E-state index is 13.0. The molecule has 0 saturated carbocycles. The third-order valence-corrected chi connectivity index (χ3v) is 5.84. The molecule has 0 unspecified atom stereocenters. The van der Waals surface area contributed by atoms with Gasteiger partial charge in [0.1, 0.15) is 4.64 Å². The average molecular weight is 437 g/mol. The summed E-state index contributed by atoms with van der Waals surface area (Å²) in [6.07, 6.45) is -3.40. The highest BCUT2D eigenvalue weighted by Crippen LogP contribution is 2.31. The smallest absolute Gasteiger partial charge is 0.360 e. The molecule has 0 bridgehead atoms. The van der Waals surface area contributed by atoms with E-state index in [9.17, 15) is 13.2 Å². The van der Waals surface area contributed by atoms with Gasteiger partial charge in [0.2, 0.25) is 0 Å². The molecule has 3 nitrogen and oxygen atoms in total. The summed E-state index contributed by atoms with van der Waals surface area (Å²) in [6, 6.07) is 6.68. The van der Waals surface area contributed by atoms with Gasteiger partial charge in [-0.05, 0) is 30.7 Å². The number of aromatic nitrogens is 1. The van der Waals surface area contributed by atoms with Crippen LogP contribution in [-0.4, -0.2) is 30.7 Å². The number of nitrogens with one attached hydrogen (secondary N) is 1. The minimum absolute atomic E-state index is 0.0487. The van der Waals surface area contributed by atoms with Crippen molar-refractivity contribution >= 4 is 41.1 Å². The molecule has 2 aromatic rings. The lowest BCUT2D eigenvalue weighted by atomic mass is 10.1. The Labute approximate surface area is 170 Å². The molecule has 2 heterocycles. The van der Waals surface area contributed by atoms with Gasteiger partial charge in [-0.3, -0.25) is 4.57 Å². The van der Waals surface area contributed by atoms with Crippen molar-refractivity contribution in [3.63, 3.8) is 0 Å². The molecule has 1 fully saturated rings. The lowest BCUT2D eigenvalue weighted by Gasteiger charge is -2.34. The Bertz CT molecular complexity index is 890. The van der Waals surface area contributed by atoms with E-state index in [-0.39, 0.29) is 9.66 Å². The molecule has 1 aliphatic heterocycles. The van der Waals surface area contributed by atoms with Crippen LogP contribution in [0.2, 0.25) is 10.0 Å². The van der Waals surface area contributed by atoms with Gasteiger partial charge in [-0.15, -0.1) is 0 Å². The third kappa shape index (κ3) is 4.77. The molecule has 0 radical (unpaired) electrons. The second-order valence-corrected chi connectivity index (χ2v) is 7.91. The zero-order chi connectivity index (χ0) is 19.8. The summed E-state index contributed by atoms with van der Waals surface area (Å²) in [4.78, 5) is 3.40. The Hall–Kier alpha value is -1.28. The largest absolute Gasteiger partial charge is 0.417 e. The van der Waals surface area contributed by atoms with Crippen molar-refractivity contribution in [1.82, 2.24) is 4.57 Å². The van der Waals surface area contributed by atoms with Crippen molar-refractivity contribution in [2.24, 2.45) is 0 Å². The monoisotopic (exact) mass is 436 g/mol. The number of piperazine rings is 1. The van der Waals surface area contributed by atoms with Gasteiger partial charge in [0.15, 0.2) is 6.67 Å². The Morgan fingerprint density at radius 2 is 1.81 bits per heavy atom. The number of alkyl halides is 3. The molecule has 0 spiro atoms. The van der Waals surface area contributed by atoms with Crippen LogP contribution in [0.4, 0.5) is 18.9 Å². The molecule has 0 aliphatic carbocycles. The molecule has 1 saturated heterocycles. The summed E-state index contributed by atoms with van der Waals surface area (Å²) in [5.74, 6) is 0. The molecular formula is C18H19Cl2F3N3S+. The Morgan fingerprint density at radius 3 is 2.44 bits per heavy atom.